The summed E-state index contributed by atoms with van der Waals surface area (Å²) in [5.74, 6) is 0. The highest BCUT2D eigenvalue weighted by molar-refractivity contribution is 6.10. The third-order valence-electron chi connectivity index (χ3n) is 8.23. The molecule has 8 aromatic rings. The summed E-state index contributed by atoms with van der Waals surface area (Å²) >= 11 is 0. The monoisotopic (exact) mass is 506 g/mol. The molecule has 0 aliphatic heterocycles. The molecule has 0 saturated carbocycles. The lowest BCUT2D eigenvalue weighted by atomic mass is 9.92. The van der Waals surface area contributed by atoms with Gasteiger partial charge in [0.05, 0.1) is 0 Å². The van der Waals surface area contributed by atoms with Crippen molar-refractivity contribution in [1.82, 2.24) is 0 Å². The minimum Gasteiger partial charge on any atom is -0.0616 e. The summed E-state index contributed by atoms with van der Waals surface area (Å²) in [7, 11) is 0. The molecule has 0 saturated heterocycles. The molecule has 0 spiro atoms. The molecule has 0 aliphatic carbocycles. The van der Waals surface area contributed by atoms with E-state index in [9.17, 15) is 0 Å². The van der Waals surface area contributed by atoms with Crippen molar-refractivity contribution in [2.24, 2.45) is 0 Å². The molecule has 0 amide bonds. The van der Waals surface area contributed by atoms with Gasteiger partial charge in [-0.05, 0) is 94.7 Å². The van der Waals surface area contributed by atoms with Crippen molar-refractivity contribution in [3.63, 3.8) is 0 Å². The van der Waals surface area contributed by atoms with E-state index in [-0.39, 0.29) is 0 Å². The predicted molar refractivity (Wildman–Crippen MR) is 173 cm³/mol. The Balaban J connectivity index is 1.20. The molecule has 40 heavy (non-hydrogen) atoms. The summed E-state index contributed by atoms with van der Waals surface area (Å²) in [5, 5.41) is 10.2. The van der Waals surface area contributed by atoms with E-state index in [1.807, 2.05) is 0 Å². The maximum Gasteiger partial charge on any atom is -0.0105 e. The Hall–Kier alpha value is -5.20. The average molecular weight is 507 g/mol. The van der Waals surface area contributed by atoms with E-state index >= 15 is 0 Å². The normalized spacial score (nSPS) is 11.5. The third kappa shape index (κ3) is 3.77. The largest absolute Gasteiger partial charge is 0.0616 e. The van der Waals surface area contributed by atoms with Gasteiger partial charge in [-0.1, -0.05) is 140 Å². The Labute approximate surface area is 233 Å². The van der Waals surface area contributed by atoms with E-state index in [0.717, 1.165) is 0 Å². The molecule has 0 aliphatic rings. The van der Waals surface area contributed by atoms with Crippen molar-refractivity contribution in [3.05, 3.63) is 158 Å². The summed E-state index contributed by atoms with van der Waals surface area (Å²) in [4.78, 5) is 0. The van der Waals surface area contributed by atoms with Crippen LogP contribution in [0.4, 0.5) is 0 Å². The van der Waals surface area contributed by atoms with Gasteiger partial charge in [0, 0.05) is 0 Å². The molecule has 0 nitrogen and oxygen atoms in total. The van der Waals surface area contributed by atoms with E-state index in [0.29, 0.717) is 0 Å². The predicted octanol–water partition coefficient (Wildman–Crippen LogP) is 11.3. The summed E-state index contributed by atoms with van der Waals surface area (Å²) in [6.45, 7) is 0. The van der Waals surface area contributed by atoms with Crippen LogP contribution < -0.4 is 0 Å². The lowest BCUT2D eigenvalue weighted by Gasteiger charge is -2.12. The summed E-state index contributed by atoms with van der Waals surface area (Å²) in [5.41, 5.74) is 7.52. The molecular formula is C40H26. The van der Waals surface area contributed by atoms with Crippen LogP contribution in [-0.2, 0) is 0 Å². The lowest BCUT2D eigenvalue weighted by Crippen LogP contribution is -1.85. The molecule has 0 heterocycles. The first-order chi connectivity index (χ1) is 19.8. The fraction of sp³-hybridized carbons (Fsp3) is 0. The number of rotatable bonds is 3. The second-order valence-corrected chi connectivity index (χ2v) is 10.6. The highest BCUT2D eigenvalue weighted by atomic mass is 14.1. The minimum absolute atomic E-state index is 1.23. The molecule has 0 unspecified atom stereocenters. The quantitative estimate of drug-likeness (QED) is 0.209. The fourth-order valence-electron chi connectivity index (χ4n) is 6.24. The van der Waals surface area contributed by atoms with Gasteiger partial charge in [-0.2, -0.15) is 0 Å². The van der Waals surface area contributed by atoms with Gasteiger partial charge in [-0.3, -0.25) is 0 Å². The summed E-state index contributed by atoms with van der Waals surface area (Å²) < 4.78 is 0. The van der Waals surface area contributed by atoms with Gasteiger partial charge in [0.1, 0.15) is 0 Å². The molecule has 8 aromatic carbocycles. The molecule has 186 valence electrons. The van der Waals surface area contributed by atoms with Gasteiger partial charge in [-0.15, -0.1) is 0 Å². The molecule has 0 N–H and O–H groups in total. The lowest BCUT2D eigenvalue weighted by molar-refractivity contribution is 1.62. The molecule has 0 aromatic heterocycles. The highest BCUT2D eigenvalue weighted by Crippen LogP contribution is 2.36. The Morgan fingerprint density at radius 2 is 0.675 bits per heavy atom. The van der Waals surface area contributed by atoms with Gasteiger partial charge in [0.15, 0.2) is 0 Å². The first-order valence-electron chi connectivity index (χ1n) is 13.9. The van der Waals surface area contributed by atoms with Gasteiger partial charge in [0.2, 0.25) is 0 Å². The molecule has 0 radical (unpaired) electrons. The summed E-state index contributed by atoms with van der Waals surface area (Å²) in [6.07, 6.45) is 0. The Kier molecular flexibility index (Phi) is 5.24. The van der Waals surface area contributed by atoms with Crippen LogP contribution in [-0.4, -0.2) is 0 Å². The van der Waals surface area contributed by atoms with Gasteiger partial charge >= 0.3 is 0 Å². The van der Waals surface area contributed by atoms with Gasteiger partial charge in [-0.25, -0.2) is 0 Å². The van der Waals surface area contributed by atoms with E-state index in [4.69, 9.17) is 0 Å². The van der Waals surface area contributed by atoms with E-state index in [1.54, 1.807) is 0 Å². The number of hydrogen-bond donors (Lipinski definition) is 0. The zero-order valence-electron chi connectivity index (χ0n) is 22.0. The molecule has 0 fully saturated rings. The third-order valence-corrected chi connectivity index (χ3v) is 8.23. The van der Waals surface area contributed by atoms with Gasteiger partial charge in [0.25, 0.3) is 0 Å². The van der Waals surface area contributed by atoms with E-state index in [1.165, 1.54) is 76.5 Å². The standard InChI is InChI=1S/C40H26/c1-3-14-35-27(8-1)10-6-16-37(35)31-13-5-12-29(24-31)30-20-22-39-32(25-30)18-19-33-26-34(21-23-40(33)39)38-17-7-11-28-9-2-4-15-36(28)38/h1-26H. The van der Waals surface area contributed by atoms with Crippen LogP contribution in [0.15, 0.2) is 158 Å². The zero-order chi connectivity index (χ0) is 26.5. The van der Waals surface area contributed by atoms with Crippen LogP contribution in [0.3, 0.4) is 0 Å². The summed E-state index contributed by atoms with van der Waals surface area (Å²) in [6, 6.07) is 57.6. The van der Waals surface area contributed by atoms with Crippen LogP contribution in [0, 0.1) is 0 Å². The molecule has 0 heteroatoms. The first kappa shape index (κ1) is 22.8. The van der Waals surface area contributed by atoms with Gasteiger partial charge < -0.3 is 0 Å². The van der Waals surface area contributed by atoms with Crippen LogP contribution in [0.25, 0.3) is 76.5 Å². The van der Waals surface area contributed by atoms with Crippen molar-refractivity contribution in [3.8, 4) is 33.4 Å². The topological polar surface area (TPSA) is 0 Å². The highest BCUT2D eigenvalue weighted by Gasteiger charge is 2.09. The zero-order valence-corrected chi connectivity index (χ0v) is 22.0. The number of hydrogen-bond acceptors (Lipinski definition) is 0. The fourth-order valence-corrected chi connectivity index (χ4v) is 6.24. The maximum atomic E-state index is 2.33. The number of benzene rings is 8. The molecule has 0 atom stereocenters. The maximum absolute atomic E-state index is 2.33. The smallest absolute Gasteiger partial charge is 0.0105 e. The van der Waals surface area contributed by atoms with E-state index < -0.39 is 0 Å². The minimum atomic E-state index is 1.23. The van der Waals surface area contributed by atoms with Crippen molar-refractivity contribution in [1.29, 1.82) is 0 Å². The SMILES string of the molecule is c1cc(-c2ccc3c(ccc4cc(-c5cccc6ccccc56)ccc43)c2)cc(-c2cccc3ccccc23)c1. The van der Waals surface area contributed by atoms with Crippen LogP contribution >= 0.6 is 0 Å². The van der Waals surface area contributed by atoms with Crippen LogP contribution in [0.1, 0.15) is 0 Å². The second kappa shape index (κ2) is 9.22. The Morgan fingerprint density at radius 1 is 0.225 bits per heavy atom. The Morgan fingerprint density at radius 3 is 1.32 bits per heavy atom. The van der Waals surface area contributed by atoms with Crippen molar-refractivity contribution < 1.29 is 0 Å². The van der Waals surface area contributed by atoms with Crippen molar-refractivity contribution in [2.75, 3.05) is 0 Å². The molecule has 0 bridgehead atoms. The Bertz CT molecular complexity index is 2210. The van der Waals surface area contributed by atoms with Crippen molar-refractivity contribution >= 4 is 43.1 Å². The average Bonchev–Trinajstić information content (AvgIpc) is 3.03. The molecular weight excluding hydrogens is 480 g/mol. The first-order valence-corrected chi connectivity index (χ1v) is 13.9. The number of fused-ring (bicyclic) bond motifs is 5. The molecule has 8 rings (SSSR count). The van der Waals surface area contributed by atoms with Crippen LogP contribution in [0.2, 0.25) is 0 Å². The second-order valence-electron chi connectivity index (χ2n) is 10.6. The van der Waals surface area contributed by atoms with E-state index in [2.05, 4.69) is 158 Å². The van der Waals surface area contributed by atoms with Crippen molar-refractivity contribution in [2.45, 2.75) is 0 Å². The van der Waals surface area contributed by atoms with Crippen LogP contribution in [0.5, 0.6) is 0 Å².